The van der Waals surface area contributed by atoms with Gasteiger partial charge in [-0.3, -0.25) is 4.79 Å². The Bertz CT molecular complexity index is 686. The molecule has 1 fully saturated rings. The van der Waals surface area contributed by atoms with Crippen molar-refractivity contribution in [3.8, 4) is 11.3 Å². The van der Waals surface area contributed by atoms with Gasteiger partial charge in [0, 0.05) is 33.2 Å². The first kappa shape index (κ1) is 16.5. The fourth-order valence-electron chi connectivity index (χ4n) is 1.97. The van der Waals surface area contributed by atoms with Crippen LogP contribution in [0.2, 0.25) is 10.0 Å². The van der Waals surface area contributed by atoms with Gasteiger partial charge in [0.15, 0.2) is 5.13 Å². The lowest BCUT2D eigenvalue weighted by Crippen LogP contribution is -2.30. The van der Waals surface area contributed by atoms with Crippen LogP contribution >= 0.6 is 58.1 Å². The van der Waals surface area contributed by atoms with Crippen LogP contribution in [0.15, 0.2) is 23.6 Å². The van der Waals surface area contributed by atoms with Crippen LogP contribution in [0, 0.1) is 0 Å². The monoisotopic (exact) mass is 390 g/mol. The molecule has 1 aromatic carbocycles. The molecule has 1 amide bonds. The highest BCUT2D eigenvalue weighted by molar-refractivity contribution is 8.07. The zero-order valence-corrected chi connectivity index (χ0v) is 15.3. The number of thioether (sulfide) groups is 2. The number of aromatic nitrogens is 1. The highest BCUT2D eigenvalue weighted by Crippen LogP contribution is 2.33. The van der Waals surface area contributed by atoms with E-state index in [2.05, 4.69) is 10.3 Å². The van der Waals surface area contributed by atoms with Crippen LogP contribution in [0.1, 0.15) is 0 Å². The number of amides is 1. The molecule has 0 saturated carbocycles. The molecule has 3 nitrogen and oxygen atoms in total. The average Bonchev–Trinajstić information content (AvgIpc) is 2.99. The molecular formula is C14H12Cl2N2OS3. The van der Waals surface area contributed by atoms with Crippen molar-refractivity contribution in [1.82, 2.24) is 4.98 Å². The Morgan fingerprint density at radius 1 is 1.32 bits per heavy atom. The summed E-state index contributed by atoms with van der Waals surface area (Å²) >= 11 is 17.1. The van der Waals surface area contributed by atoms with E-state index in [1.165, 1.54) is 11.3 Å². The maximum absolute atomic E-state index is 12.2. The van der Waals surface area contributed by atoms with Crippen molar-refractivity contribution in [2.75, 3.05) is 22.6 Å². The Morgan fingerprint density at radius 3 is 2.95 bits per heavy atom. The normalized spacial score (nSPS) is 18.2. The molecule has 1 aromatic heterocycles. The molecule has 116 valence electrons. The Kier molecular flexibility index (Phi) is 5.57. The van der Waals surface area contributed by atoms with Gasteiger partial charge in [-0.1, -0.05) is 23.2 Å². The number of carbonyl (C=O) groups is 1. The summed E-state index contributed by atoms with van der Waals surface area (Å²) in [5, 5.41) is 6.55. The van der Waals surface area contributed by atoms with Gasteiger partial charge in [0.05, 0.1) is 16.0 Å². The molecule has 1 atom stereocenters. The number of hydrogen-bond donors (Lipinski definition) is 1. The van der Waals surface area contributed by atoms with Gasteiger partial charge in [0.2, 0.25) is 5.91 Å². The minimum atomic E-state index is 0.000794. The first-order valence-corrected chi connectivity index (χ1v) is 10.4. The third-order valence-electron chi connectivity index (χ3n) is 3.05. The van der Waals surface area contributed by atoms with Crippen LogP contribution in [0.5, 0.6) is 0 Å². The second kappa shape index (κ2) is 7.45. The molecule has 0 aliphatic carbocycles. The zero-order valence-electron chi connectivity index (χ0n) is 11.3. The summed E-state index contributed by atoms with van der Waals surface area (Å²) in [6.45, 7) is 0. The minimum Gasteiger partial charge on any atom is -0.301 e. The summed E-state index contributed by atoms with van der Waals surface area (Å²) in [6.07, 6.45) is 0. The largest absolute Gasteiger partial charge is 0.301 e. The van der Waals surface area contributed by atoms with Crippen molar-refractivity contribution in [2.24, 2.45) is 0 Å². The van der Waals surface area contributed by atoms with Gasteiger partial charge < -0.3 is 5.32 Å². The highest BCUT2D eigenvalue weighted by atomic mass is 35.5. The van der Waals surface area contributed by atoms with Gasteiger partial charge in [0.1, 0.15) is 0 Å². The van der Waals surface area contributed by atoms with E-state index < -0.39 is 0 Å². The molecule has 1 N–H and O–H groups in total. The standard InChI is InChI=1S/C14H12Cl2N2OS3/c15-8-1-2-10(16)9(5-8)11-6-22-14(17-11)18-13(19)12-7-20-3-4-21-12/h1-2,5-6,12H,3-4,7H2,(H,17,18,19). The zero-order chi connectivity index (χ0) is 15.5. The van der Waals surface area contributed by atoms with Crippen molar-refractivity contribution in [2.45, 2.75) is 5.25 Å². The lowest BCUT2D eigenvalue weighted by Gasteiger charge is -2.19. The molecule has 3 rings (SSSR count). The van der Waals surface area contributed by atoms with E-state index in [0.29, 0.717) is 15.2 Å². The highest BCUT2D eigenvalue weighted by Gasteiger charge is 2.23. The van der Waals surface area contributed by atoms with Crippen molar-refractivity contribution in [3.05, 3.63) is 33.6 Å². The van der Waals surface area contributed by atoms with Crippen LogP contribution in [-0.2, 0) is 4.79 Å². The number of rotatable bonds is 3. The summed E-state index contributed by atoms with van der Waals surface area (Å²) in [6, 6.07) is 5.26. The number of anilines is 1. The van der Waals surface area contributed by atoms with Gasteiger partial charge in [-0.25, -0.2) is 4.98 Å². The first-order valence-electron chi connectivity index (χ1n) is 6.54. The molecule has 8 heteroatoms. The number of thiazole rings is 1. The smallest absolute Gasteiger partial charge is 0.240 e. The summed E-state index contributed by atoms with van der Waals surface area (Å²) < 4.78 is 0. The van der Waals surface area contributed by atoms with E-state index in [1.807, 2.05) is 17.1 Å². The molecule has 0 radical (unpaired) electrons. The molecule has 2 aromatic rings. The molecule has 0 spiro atoms. The molecule has 1 unspecified atom stereocenters. The fourth-order valence-corrected chi connectivity index (χ4v) is 5.63. The van der Waals surface area contributed by atoms with Gasteiger partial charge in [-0.2, -0.15) is 11.8 Å². The Balaban J connectivity index is 1.73. The van der Waals surface area contributed by atoms with E-state index in [-0.39, 0.29) is 11.2 Å². The average molecular weight is 391 g/mol. The first-order chi connectivity index (χ1) is 10.6. The molecule has 1 saturated heterocycles. The predicted octanol–water partition coefficient (Wildman–Crippen LogP) is 4.90. The molecule has 0 bridgehead atoms. The SMILES string of the molecule is O=C(Nc1nc(-c2cc(Cl)ccc2Cl)cs1)C1CSCCS1. The Labute approximate surface area is 151 Å². The topological polar surface area (TPSA) is 42.0 Å². The van der Waals surface area contributed by atoms with Crippen molar-refractivity contribution >= 4 is 69.1 Å². The van der Waals surface area contributed by atoms with E-state index >= 15 is 0 Å². The van der Waals surface area contributed by atoms with Crippen molar-refractivity contribution < 1.29 is 4.79 Å². The van der Waals surface area contributed by atoms with E-state index in [9.17, 15) is 4.79 Å². The lowest BCUT2D eigenvalue weighted by molar-refractivity contribution is -0.115. The fraction of sp³-hybridized carbons (Fsp3) is 0.286. The molecule has 22 heavy (non-hydrogen) atoms. The summed E-state index contributed by atoms with van der Waals surface area (Å²) in [5.41, 5.74) is 1.49. The van der Waals surface area contributed by atoms with Crippen molar-refractivity contribution in [1.29, 1.82) is 0 Å². The van der Waals surface area contributed by atoms with Crippen molar-refractivity contribution in [3.63, 3.8) is 0 Å². The van der Waals surface area contributed by atoms with Gasteiger partial charge in [-0.05, 0) is 18.2 Å². The second-order valence-electron chi connectivity index (χ2n) is 4.59. The third kappa shape index (κ3) is 3.92. The number of nitrogens with one attached hydrogen (secondary N) is 1. The molecule has 2 heterocycles. The van der Waals surface area contributed by atoms with Crippen LogP contribution in [0.4, 0.5) is 5.13 Å². The number of benzene rings is 1. The number of nitrogens with zero attached hydrogens (tertiary/aromatic N) is 1. The van der Waals surface area contributed by atoms with E-state index in [1.54, 1.807) is 30.0 Å². The summed E-state index contributed by atoms with van der Waals surface area (Å²) in [4.78, 5) is 16.7. The minimum absolute atomic E-state index is 0.000794. The molecular weight excluding hydrogens is 379 g/mol. The van der Waals surface area contributed by atoms with Crippen LogP contribution in [0.25, 0.3) is 11.3 Å². The number of halogens is 2. The quantitative estimate of drug-likeness (QED) is 0.808. The third-order valence-corrected chi connectivity index (χ3v) is 7.12. The molecule has 1 aliphatic heterocycles. The Hall–Kier alpha value is -0.400. The van der Waals surface area contributed by atoms with Crippen LogP contribution in [-0.4, -0.2) is 33.4 Å². The summed E-state index contributed by atoms with van der Waals surface area (Å²) in [7, 11) is 0. The maximum Gasteiger partial charge on any atom is 0.240 e. The van der Waals surface area contributed by atoms with Gasteiger partial charge >= 0.3 is 0 Å². The lowest BCUT2D eigenvalue weighted by atomic mass is 10.2. The van der Waals surface area contributed by atoms with Gasteiger partial charge in [-0.15, -0.1) is 23.1 Å². The van der Waals surface area contributed by atoms with E-state index in [4.69, 9.17) is 23.2 Å². The Morgan fingerprint density at radius 2 is 2.18 bits per heavy atom. The second-order valence-corrected chi connectivity index (χ2v) is 8.75. The summed E-state index contributed by atoms with van der Waals surface area (Å²) in [5.74, 6) is 3.01. The maximum atomic E-state index is 12.2. The predicted molar refractivity (Wildman–Crippen MR) is 99.8 cm³/mol. The van der Waals surface area contributed by atoms with Crippen LogP contribution < -0.4 is 5.32 Å². The number of hydrogen-bond acceptors (Lipinski definition) is 5. The molecule has 1 aliphatic rings. The van der Waals surface area contributed by atoms with Gasteiger partial charge in [0.25, 0.3) is 0 Å². The number of carbonyl (C=O) groups excluding carboxylic acids is 1. The van der Waals surface area contributed by atoms with E-state index in [0.717, 1.165) is 28.5 Å². The van der Waals surface area contributed by atoms with Crippen LogP contribution in [0.3, 0.4) is 0 Å².